The summed E-state index contributed by atoms with van der Waals surface area (Å²) in [6, 6.07) is 8.45. The van der Waals surface area contributed by atoms with E-state index < -0.39 is 0 Å². The van der Waals surface area contributed by atoms with Crippen molar-refractivity contribution in [1.29, 1.82) is 0 Å². The van der Waals surface area contributed by atoms with Crippen LogP contribution in [0.25, 0.3) is 0 Å². The highest BCUT2D eigenvalue weighted by molar-refractivity contribution is 5.27. The Kier molecular flexibility index (Phi) is 14.4. The van der Waals surface area contributed by atoms with Crippen molar-refractivity contribution in [2.24, 2.45) is 5.73 Å². The van der Waals surface area contributed by atoms with Crippen molar-refractivity contribution in [2.45, 2.75) is 71.1 Å². The molecule has 0 bridgehead atoms. The van der Waals surface area contributed by atoms with Crippen molar-refractivity contribution in [3.63, 3.8) is 0 Å². The van der Waals surface area contributed by atoms with Crippen LogP contribution in [0.3, 0.4) is 0 Å². The number of benzene rings is 1. The van der Waals surface area contributed by atoms with Gasteiger partial charge in [0, 0.05) is 6.54 Å². The smallest absolute Gasteiger partial charge is 0.119 e. The maximum absolute atomic E-state index is 5.77. The van der Waals surface area contributed by atoms with E-state index in [1.165, 1.54) is 44.1 Å². The quantitative estimate of drug-likeness (QED) is 0.318. The average molecular weight is 351 g/mol. The molecule has 3 N–H and O–H groups in total. The van der Waals surface area contributed by atoms with Crippen LogP contribution in [0.15, 0.2) is 24.3 Å². The van der Waals surface area contributed by atoms with Gasteiger partial charge in [0.25, 0.3) is 0 Å². The third-order valence-electron chi connectivity index (χ3n) is 4.24. The number of nitrogens with one attached hydrogen (secondary N) is 1. The fraction of sp³-hybridized carbons (Fsp3) is 0.714. The zero-order valence-corrected chi connectivity index (χ0v) is 16.1. The number of aryl methyl sites for hydroxylation is 1. The van der Waals surface area contributed by atoms with Crippen molar-refractivity contribution in [3.05, 3.63) is 29.8 Å². The normalized spacial score (nSPS) is 11.0. The Bertz CT molecular complexity index is 395. The molecule has 0 aliphatic carbocycles. The molecule has 0 fully saturated rings. The average Bonchev–Trinajstić information content (AvgIpc) is 2.64. The Morgan fingerprint density at radius 3 is 2.36 bits per heavy atom. The summed E-state index contributed by atoms with van der Waals surface area (Å²) in [6.07, 6.45) is 11.8. The molecule has 4 nitrogen and oxygen atoms in total. The van der Waals surface area contributed by atoms with Crippen LogP contribution >= 0.6 is 0 Å². The van der Waals surface area contributed by atoms with Crippen LogP contribution in [0.4, 0.5) is 0 Å². The molecule has 0 atom stereocenters. The highest BCUT2D eigenvalue weighted by Crippen LogP contribution is 2.14. The van der Waals surface area contributed by atoms with Crippen molar-refractivity contribution < 1.29 is 9.57 Å². The number of ether oxygens (including phenoxy) is 1. The summed E-state index contributed by atoms with van der Waals surface area (Å²) in [6.45, 7) is 5.53. The van der Waals surface area contributed by atoms with Gasteiger partial charge < -0.3 is 15.3 Å². The van der Waals surface area contributed by atoms with Crippen LogP contribution in [0.2, 0.25) is 0 Å². The van der Waals surface area contributed by atoms with Crippen molar-refractivity contribution >= 4 is 0 Å². The molecule has 4 heteroatoms. The summed E-state index contributed by atoms with van der Waals surface area (Å²) in [4.78, 5) is 5.47. The fourth-order valence-electron chi connectivity index (χ4n) is 2.66. The molecule has 0 radical (unpaired) electrons. The summed E-state index contributed by atoms with van der Waals surface area (Å²) in [5.41, 5.74) is 9.88. The van der Waals surface area contributed by atoms with Crippen LogP contribution in [0, 0.1) is 0 Å². The molecule has 0 spiro atoms. The molecule has 0 saturated carbocycles. The predicted molar refractivity (Wildman–Crippen MR) is 106 cm³/mol. The van der Waals surface area contributed by atoms with Crippen LogP contribution in [0.5, 0.6) is 5.75 Å². The Labute approximate surface area is 154 Å². The van der Waals surface area contributed by atoms with Crippen LogP contribution < -0.4 is 16.0 Å². The lowest BCUT2D eigenvalue weighted by Crippen LogP contribution is -2.17. The van der Waals surface area contributed by atoms with Crippen molar-refractivity contribution in [2.75, 3.05) is 26.3 Å². The van der Waals surface area contributed by atoms with Crippen LogP contribution in [0.1, 0.15) is 70.3 Å². The van der Waals surface area contributed by atoms with Crippen molar-refractivity contribution in [3.8, 4) is 5.75 Å². The second-order valence-electron chi connectivity index (χ2n) is 6.60. The molecule has 1 aromatic rings. The molecular weight excluding hydrogens is 312 g/mol. The van der Waals surface area contributed by atoms with Crippen LogP contribution in [-0.4, -0.2) is 26.3 Å². The van der Waals surface area contributed by atoms with Gasteiger partial charge in [-0.1, -0.05) is 51.2 Å². The zero-order chi connectivity index (χ0) is 18.0. The van der Waals surface area contributed by atoms with E-state index in [0.29, 0.717) is 0 Å². The number of unbranched alkanes of at least 4 members (excludes halogenated alkanes) is 6. The first-order valence-corrected chi connectivity index (χ1v) is 10.1. The van der Waals surface area contributed by atoms with E-state index in [9.17, 15) is 0 Å². The first-order valence-electron chi connectivity index (χ1n) is 10.1. The first-order chi connectivity index (χ1) is 12.4. The molecule has 0 amide bonds. The van der Waals surface area contributed by atoms with Gasteiger partial charge in [0.15, 0.2) is 0 Å². The molecule has 0 saturated heterocycles. The maximum Gasteiger partial charge on any atom is 0.119 e. The summed E-state index contributed by atoms with van der Waals surface area (Å²) in [5.74, 6) is 0.965. The molecule has 0 aromatic heterocycles. The van der Waals surface area contributed by atoms with E-state index in [-0.39, 0.29) is 0 Å². The minimum atomic E-state index is 0.759. The molecule has 1 aromatic carbocycles. The Morgan fingerprint density at radius 2 is 1.60 bits per heavy atom. The van der Waals surface area contributed by atoms with Crippen molar-refractivity contribution in [1.82, 2.24) is 5.48 Å². The summed E-state index contributed by atoms with van der Waals surface area (Å²) in [5, 5.41) is 0. The van der Waals surface area contributed by atoms with Crippen LogP contribution in [-0.2, 0) is 11.3 Å². The van der Waals surface area contributed by atoms with E-state index >= 15 is 0 Å². The largest absolute Gasteiger partial charge is 0.494 e. The van der Waals surface area contributed by atoms with Gasteiger partial charge >= 0.3 is 0 Å². The Hall–Kier alpha value is -1.10. The highest BCUT2D eigenvalue weighted by Gasteiger charge is 1.97. The molecule has 144 valence electrons. The van der Waals surface area contributed by atoms with Gasteiger partial charge in [0.2, 0.25) is 0 Å². The highest BCUT2D eigenvalue weighted by atomic mass is 16.6. The molecule has 0 aliphatic rings. The maximum atomic E-state index is 5.77. The predicted octanol–water partition coefficient (Wildman–Crippen LogP) is 4.62. The van der Waals surface area contributed by atoms with Gasteiger partial charge in [-0.05, 0) is 56.3 Å². The number of nitrogens with two attached hydrogens (primary N) is 1. The molecule has 25 heavy (non-hydrogen) atoms. The molecule has 1 rings (SSSR count). The topological polar surface area (TPSA) is 56.5 Å². The SMILES string of the molecule is CCCCCCNOCCCc1ccc(OCCCCCCN)cc1. The third-order valence-corrected chi connectivity index (χ3v) is 4.24. The van der Waals surface area contributed by atoms with Gasteiger partial charge in [0.05, 0.1) is 13.2 Å². The van der Waals surface area contributed by atoms with E-state index in [1.807, 2.05) is 0 Å². The minimum Gasteiger partial charge on any atom is -0.494 e. The van der Waals surface area contributed by atoms with E-state index in [0.717, 1.165) is 57.7 Å². The van der Waals surface area contributed by atoms with E-state index in [2.05, 4.69) is 36.7 Å². The lowest BCUT2D eigenvalue weighted by atomic mass is 10.1. The summed E-state index contributed by atoms with van der Waals surface area (Å²) in [7, 11) is 0. The Balaban J connectivity index is 1.99. The zero-order valence-electron chi connectivity index (χ0n) is 16.1. The fourth-order valence-corrected chi connectivity index (χ4v) is 2.66. The number of hydrogen-bond acceptors (Lipinski definition) is 4. The van der Waals surface area contributed by atoms with E-state index in [4.69, 9.17) is 15.3 Å². The second-order valence-corrected chi connectivity index (χ2v) is 6.60. The number of hydrogen-bond donors (Lipinski definition) is 2. The van der Waals surface area contributed by atoms with Gasteiger partial charge in [-0.2, -0.15) is 0 Å². The van der Waals surface area contributed by atoms with E-state index in [1.54, 1.807) is 0 Å². The molecular formula is C21H38N2O2. The monoisotopic (exact) mass is 350 g/mol. The lowest BCUT2D eigenvalue weighted by molar-refractivity contribution is 0.0389. The first kappa shape index (κ1) is 21.9. The summed E-state index contributed by atoms with van der Waals surface area (Å²) < 4.78 is 5.77. The lowest BCUT2D eigenvalue weighted by Gasteiger charge is -2.08. The minimum absolute atomic E-state index is 0.759. The Morgan fingerprint density at radius 1 is 0.840 bits per heavy atom. The number of hydroxylamine groups is 1. The summed E-state index contributed by atoms with van der Waals surface area (Å²) >= 11 is 0. The van der Waals surface area contributed by atoms with Gasteiger partial charge in [-0.3, -0.25) is 0 Å². The standard InChI is InChI=1S/C21H38N2O2/c1-2-3-4-8-17-23-25-19-10-11-20-12-14-21(15-13-20)24-18-9-6-5-7-16-22/h12-15,23H,2-11,16-19,22H2,1H3. The van der Waals surface area contributed by atoms with Gasteiger partial charge in [-0.15, -0.1) is 0 Å². The molecule has 0 heterocycles. The van der Waals surface area contributed by atoms with Gasteiger partial charge in [-0.25, -0.2) is 5.48 Å². The van der Waals surface area contributed by atoms with Gasteiger partial charge in [0.1, 0.15) is 5.75 Å². The second kappa shape index (κ2) is 16.4. The molecule has 0 aliphatic heterocycles. The number of rotatable bonds is 17. The third kappa shape index (κ3) is 12.9. The molecule has 0 unspecified atom stereocenters.